The first-order chi connectivity index (χ1) is 23.1. The molecule has 0 saturated heterocycles. The molecule has 2 N–H and O–H groups in total. The summed E-state index contributed by atoms with van der Waals surface area (Å²) in [6.07, 6.45) is -3.61. The average molecular weight is 716 g/mol. The third-order valence-corrected chi connectivity index (χ3v) is 8.72. The summed E-state index contributed by atoms with van der Waals surface area (Å²) in [6.45, 7) is 2.50. The lowest BCUT2D eigenvalue weighted by Gasteiger charge is -2.19. The second-order valence-electron chi connectivity index (χ2n) is 11.6. The molecule has 3 heterocycles. The molecule has 256 valence electrons. The van der Waals surface area contributed by atoms with Crippen molar-refractivity contribution >= 4 is 56.6 Å². The third-order valence-electron chi connectivity index (χ3n) is 7.55. The number of Topliss-reactive ketones (excluding diaryl/α,β-unsaturated/α-hetero) is 1. The van der Waals surface area contributed by atoms with E-state index in [1.54, 1.807) is 38.1 Å². The summed E-state index contributed by atoms with van der Waals surface area (Å²) in [5, 5.41) is 6.18. The van der Waals surface area contributed by atoms with E-state index >= 15 is 0 Å². The molecule has 0 aliphatic carbocycles. The van der Waals surface area contributed by atoms with Crippen molar-refractivity contribution in [2.45, 2.75) is 45.6 Å². The molecule has 2 aromatic carbocycles. The second-order valence-corrected chi connectivity index (χ2v) is 12.8. The Kier molecular flexibility index (Phi) is 10.5. The molecular formula is C33H30ClF4N7O3S. The lowest BCUT2D eigenvalue weighted by Crippen LogP contribution is -2.29. The number of fused-ring (bicyclic) bond motifs is 1. The normalized spacial score (nSPS) is 12.4. The van der Waals surface area contributed by atoms with Crippen molar-refractivity contribution in [2.24, 2.45) is 0 Å². The van der Waals surface area contributed by atoms with Gasteiger partial charge in [0.05, 0.1) is 16.9 Å². The topological polar surface area (TPSA) is 122 Å². The van der Waals surface area contributed by atoms with Crippen molar-refractivity contribution in [3.63, 3.8) is 0 Å². The van der Waals surface area contributed by atoms with Crippen molar-refractivity contribution in [3.8, 4) is 0 Å². The molecule has 0 radical (unpaired) electrons. The van der Waals surface area contributed by atoms with Crippen LogP contribution in [0.3, 0.4) is 0 Å². The maximum absolute atomic E-state index is 14.4. The molecule has 1 atom stereocenters. The number of halogens is 5. The van der Waals surface area contributed by atoms with Gasteiger partial charge in [0.15, 0.2) is 5.82 Å². The number of imidazole rings is 1. The highest BCUT2D eigenvalue weighted by molar-refractivity contribution is 7.13. The maximum Gasteiger partial charge on any atom is 0.433 e. The fraction of sp³-hybridized carbons (Fsp3) is 0.273. The molecule has 2 amide bonds. The van der Waals surface area contributed by atoms with Crippen LogP contribution in [0.4, 0.5) is 23.4 Å². The van der Waals surface area contributed by atoms with Crippen molar-refractivity contribution in [1.82, 2.24) is 29.1 Å². The number of rotatable bonds is 11. The first-order valence-electron chi connectivity index (χ1n) is 14.8. The number of pyridine rings is 1. The molecule has 0 saturated carbocycles. The molecule has 0 unspecified atom stereocenters. The highest BCUT2D eigenvalue weighted by Gasteiger charge is 2.34. The van der Waals surface area contributed by atoms with Crippen LogP contribution < -0.4 is 10.6 Å². The van der Waals surface area contributed by atoms with E-state index in [0.29, 0.717) is 22.1 Å². The van der Waals surface area contributed by atoms with Gasteiger partial charge >= 0.3 is 6.18 Å². The molecule has 16 heteroatoms. The minimum Gasteiger partial charge on any atom is -0.345 e. The summed E-state index contributed by atoms with van der Waals surface area (Å²) in [5.74, 6) is -3.56. The molecule has 3 aromatic heterocycles. The van der Waals surface area contributed by atoms with E-state index in [0.717, 1.165) is 28.5 Å². The number of anilines is 1. The molecular weight excluding hydrogens is 686 g/mol. The first-order valence-corrected chi connectivity index (χ1v) is 16.0. The van der Waals surface area contributed by atoms with Crippen molar-refractivity contribution in [3.05, 3.63) is 105 Å². The largest absolute Gasteiger partial charge is 0.433 e. The van der Waals surface area contributed by atoms with E-state index in [-0.39, 0.29) is 53.5 Å². The Labute approximate surface area is 287 Å². The predicted octanol–water partition coefficient (Wildman–Crippen LogP) is 6.68. The van der Waals surface area contributed by atoms with Crippen LogP contribution in [0.15, 0.2) is 54.7 Å². The molecule has 10 nitrogen and oxygen atoms in total. The number of nitrogens with zero attached hydrogens (tertiary/aromatic N) is 5. The minimum absolute atomic E-state index is 0.0918. The number of hydrogen-bond acceptors (Lipinski definition) is 8. The molecule has 0 bridgehead atoms. The molecule has 0 aliphatic rings. The molecule has 0 spiro atoms. The van der Waals surface area contributed by atoms with Gasteiger partial charge in [-0.1, -0.05) is 36.7 Å². The van der Waals surface area contributed by atoms with Gasteiger partial charge in [-0.05, 0) is 79.6 Å². The molecule has 5 rings (SSSR count). The summed E-state index contributed by atoms with van der Waals surface area (Å²) in [6, 6.07) is 11.8. The average Bonchev–Trinajstić information content (AvgIpc) is 3.61. The Bertz CT molecular complexity index is 2060. The van der Waals surface area contributed by atoms with E-state index < -0.39 is 35.4 Å². The fourth-order valence-corrected chi connectivity index (χ4v) is 6.40. The Morgan fingerprint density at radius 3 is 2.49 bits per heavy atom. The number of amides is 2. The van der Waals surface area contributed by atoms with E-state index in [1.165, 1.54) is 29.7 Å². The molecule has 0 fully saturated rings. The van der Waals surface area contributed by atoms with Crippen molar-refractivity contribution in [1.29, 1.82) is 0 Å². The Balaban J connectivity index is 1.57. The van der Waals surface area contributed by atoms with Gasteiger partial charge in [0.25, 0.3) is 11.8 Å². The van der Waals surface area contributed by atoms with Gasteiger partial charge in [-0.15, -0.1) is 0 Å². The Morgan fingerprint density at radius 1 is 1.06 bits per heavy atom. The van der Waals surface area contributed by atoms with Crippen LogP contribution in [0.1, 0.15) is 69.0 Å². The first kappa shape index (κ1) is 35.6. The zero-order valence-electron chi connectivity index (χ0n) is 26.7. The molecule has 49 heavy (non-hydrogen) atoms. The summed E-state index contributed by atoms with van der Waals surface area (Å²) in [4.78, 5) is 49.6. The van der Waals surface area contributed by atoms with Gasteiger partial charge < -0.3 is 20.1 Å². The number of hydrogen-bond donors (Lipinski definition) is 2. The second kappa shape index (κ2) is 14.4. The number of aromatic nitrogens is 4. The van der Waals surface area contributed by atoms with Crippen LogP contribution in [0.2, 0.25) is 5.02 Å². The number of carbonyl (C=O) groups is 3. The van der Waals surface area contributed by atoms with Crippen molar-refractivity contribution < 1.29 is 31.9 Å². The minimum atomic E-state index is -4.66. The highest BCUT2D eigenvalue weighted by atomic mass is 35.5. The summed E-state index contributed by atoms with van der Waals surface area (Å²) >= 11 is 7.58. The van der Waals surface area contributed by atoms with Crippen LogP contribution >= 0.6 is 23.1 Å². The SMILES string of the molecule is CC(=O)Cn1c(C(=O)NCc2cnc(C(F)(F)F)cc2CN(C)C)nc(NC(=O)c2nsc3ccccc23)c1[C@@H](C)c1cc(F)ccc1Cl. The lowest BCUT2D eigenvalue weighted by molar-refractivity contribution is -0.141. The predicted molar refractivity (Wildman–Crippen MR) is 177 cm³/mol. The van der Waals surface area contributed by atoms with Crippen LogP contribution in [-0.2, 0) is 30.6 Å². The zero-order valence-corrected chi connectivity index (χ0v) is 28.2. The third kappa shape index (κ3) is 7.95. The Morgan fingerprint density at radius 2 is 1.80 bits per heavy atom. The monoisotopic (exact) mass is 715 g/mol. The van der Waals surface area contributed by atoms with E-state index in [4.69, 9.17) is 11.6 Å². The standard InChI is InChI=1S/C33H30ClF4N7O3S/c1-17(46)15-45-28(18(2)23-12-21(35)9-10-24(23)34)29(42-31(47)27-22-7-5-6-8-25(22)49-43-27)41-30(45)32(48)40-14-20-13-39-26(33(36,37)38)11-19(20)16-44(3)4/h5-13,18H,14-16H2,1-4H3,(H,40,48)(H,42,47)/t18-/m0/s1. The van der Waals surface area contributed by atoms with Gasteiger partial charge in [-0.25, -0.2) is 9.37 Å². The van der Waals surface area contributed by atoms with Crippen molar-refractivity contribution in [2.75, 3.05) is 19.4 Å². The van der Waals surface area contributed by atoms with Crippen LogP contribution in [0.25, 0.3) is 10.1 Å². The summed E-state index contributed by atoms with van der Waals surface area (Å²) in [5.41, 5.74) is 0.141. The van der Waals surface area contributed by atoms with Crippen LogP contribution in [-0.4, -0.2) is 55.5 Å². The highest BCUT2D eigenvalue weighted by Crippen LogP contribution is 2.36. The fourth-order valence-electron chi connectivity index (χ4n) is 5.34. The summed E-state index contributed by atoms with van der Waals surface area (Å²) in [7, 11) is 3.37. The van der Waals surface area contributed by atoms with Gasteiger partial charge in [0, 0.05) is 35.6 Å². The Hall–Kier alpha value is -4.73. The smallest absolute Gasteiger partial charge is 0.345 e. The maximum atomic E-state index is 14.4. The van der Waals surface area contributed by atoms with Crippen LogP contribution in [0.5, 0.6) is 0 Å². The number of alkyl halides is 3. The molecule has 5 aromatic rings. The van der Waals surface area contributed by atoms with Gasteiger partial charge in [0.1, 0.15) is 23.0 Å². The van der Waals surface area contributed by atoms with Gasteiger partial charge in [0.2, 0.25) is 5.82 Å². The number of carbonyl (C=O) groups excluding carboxylic acids is 3. The van der Waals surface area contributed by atoms with E-state index in [9.17, 15) is 31.9 Å². The molecule has 0 aliphatic heterocycles. The van der Waals surface area contributed by atoms with E-state index in [1.807, 2.05) is 12.1 Å². The van der Waals surface area contributed by atoms with Gasteiger partial charge in [-0.3, -0.25) is 19.4 Å². The zero-order chi connectivity index (χ0) is 35.6. The number of benzene rings is 2. The number of ketones is 1. The lowest BCUT2D eigenvalue weighted by atomic mass is 9.96. The quantitative estimate of drug-likeness (QED) is 0.146. The van der Waals surface area contributed by atoms with E-state index in [2.05, 4.69) is 25.0 Å². The van der Waals surface area contributed by atoms with Gasteiger partial charge in [-0.2, -0.15) is 17.5 Å². The van der Waals surface area contributed by atoms with Crippen LogP contribution in [0, 0.1) is 5.82 Å². The number of nitrogens with one attached hydrogen (secondary N) is 2. The summed E-state index contributed by atoms with van der Waals surface area (Å²) < 4.78 is 61.0.